The van der Waals surface area contributed by atoms with Crippen LogP contribution in [0.3, 0.4) is 0 Å². The molecule has 1 atom stereocenters. The lowest BCUT2D eigenvalue weighted by Crippen LogP contribution is -2.10. The number of hydrogen-bond acceptors (Lipinski definition) is 6. The van der Waals surface area contributed by atoms with Gasteiger partial charge in [0.05, 0.1) is 26.5 Å². The molecule has 0 fully saturated rings. The van der Waals surface area contributed by atoms with Crippen molar-refractivity contribution >= 4 is 5.97 Å². The molecular weight excluding hydrogens is 326 g/mol. The molecule has 134 valence electrons. The van der Waals surface area contributed by atoms with E-state index < -0.39 is 18.7 Å². The number of pyridine rings is 1. The number of ether oxygens (including phenoxy) is 3. The van der Waals surface area contributed by atoms with Gasteiger partial charge in [-0.3, -0.25) is 4.98 Å². The number of hydrogen-bond donors (Lipinski definition) is 2. The SMILES string of the molecule is COc1ccc(CCC(O)c2cncc(OCC(=O)O)c2)cc1OC. The van der Waals surface area contributed by atoms with Crippen molar-refractivity contribution in [1.29, 1.82) is 0 Å². The van der Waals surface area contributed by atoms with Gasteiger partial charge < -0.3 is 24.4 Å². The van der Waals surface area contributed by atoms with Gasteiger partial charge in [0.1, 0.15) is 5.75 Å². The largest absolute Gasteiger partial charge is 0.493 e. The molecule has 1 aromatic heterocycles. The highest BCUT2D eigenvalue weighted by molar-refractivity contribution is 5.68. The lowest BCUT2D eigenvalue weighted by Gasteiger charge is -2.13. The maximum absolute atomic E-state index is 10.5. The van der Waals surface area contributed by atoms with Gasteiger partial charge in [0.2, 0.25) is 0 Å². The average Bonchev–Trinajstić information content (AvgIpc) is 2.64. The Kier molecular flexibility index (Phi) is 6.59. The first kappa shape index (κ1) is 18.5. The molecule has 25 heavy (non-hydrogen) atoms. The standard InChI is InChI=1S/C18H21NO6/c1-23-16-6-4-12(7-17(16)24-2)3-5-15(20)13-8-14(10-19-9-13)25-11-18(21)22/h4,6-10,15,20H,3,5,11H2,1-2H3,(H,21,22). The van der Waals surface area contributed by atoms with E-state index in [9.17, 15) is 9.90 Å². The van der Waals surface area contributed by atoms with Gasteiger partial charge in [-0.15, -0.1) is 0 Å². The highest BCUT2D eigenvalue weighted by Crippen LogP contribution is 2.29. The summed E-state index contributed by atoms with van der Waals surface area (Å²) in [6, 6.07) is 7.20. The van der Waals surface area contributed by atoms with E-state index in [0.717, 1.165) is 5.56 Å². The molecular formula is C18H21NO6. The number of carbonyl (C=O) groups is 1. The fourth-order valence-electron chi connectivity index (χ4n) is 2.35. The Labute approximate surface area is 145 Å². The maximum Gasteiger partial charge on any atom is 0.341 e. The molecule has 0 aliphatic carbocycles. The van der Waals surface area contributed by atoms with Crippen LogP contribution in [0.4, 0.5) is 0 Å². The molecule has 0 bridgehead atoms. The molecule has 1 heterocycles. The first-order valence-corrected chi connectivity index (χ1v) is 7.72. The van der Waals surface area contributed by atoms with Crippen molar-refractivity contribution in [1.82, 2.24) is 4.98 Å². The number of aryl methyl sites for hydroxylation is 1. The summed E-state index contributed by atoms with van der Waals surface area (Å²) in [6.45, 7) is -0.452. The monoisotopic (exact) mass is 347 g/mol. The molecule has 1 unspecified atom stereocenters. The summed E-state index contributed by atoms with van der Waals surface area (Å²) < 4.78 is 15.5. The van der Waals surface area contributed by atoms with Crippen LogP contribution >= 0.6 is 0 Å². The van der Waals surface area contributed by atoms with Crippen LogP contribution in [0, 0.1) is 0 Å². The van der Waals surface area contributed by atoms with Crippen molar-refractivity contribution in [2.75, 3.05) is 20.8 Å². The summed E-state index contributed by atoms with van der Waals surface area (Å²) >= 11 is 0. The predicted molar refractivity (Wildman–Crippen MR) is 90.2 cm³/mol. The smallest absolute Gasteiger partial charge is 0.341 e. The van der Waals surface area contributed by atoms with Crippen LogP contribution < -0.4 is 14.2 Å². The number of carboxylic acids is 1. The van der Waals surface area contributed by atoms with Crippen LogP contribution in [0.25, 0.3) is 0 Å². The highest BCUT2D eigenvalue weighted by Gasteiger charge is 2.12. The minimum absolute atomic E-state index is 0.310. The third kappa shape index (κ3) is 5.36. The van der Waals surface area contributed by atoms with E-state index >= 15 is 0 Å². The van der Waals surface area contributed by atoms with E-state index in [4.69, 9.17) is 19.3 Å². The summed E-state index contributed by atoms with van der Waals surface area (Å²) in [5.41, 5.74) is 1.58. The third-order valence-electron chi connectivity index (χ3n) is 3.64. The van der Waals surface area contributed by atoms with Crippen molar-refractivity contribution in [2.45, 2.75) is 18.9 Å². The Morgan fingerprint density at radius 2 is 1.92 bits per heavy atom. The van der Waals surface area contributed by atoms with Crippen molar-refractivity contribution < 1.29 is 29.2 Å². The van der Waals surface area contributed by atoms with Crippen LogP contribution in [0.5, 0.6) is 17.2 Å². The van der Waals surface area contributed by atoms with Crippen LogP contribution in [-0.2, 0) is 11.2 Å². The molecule has 2 aromatic rings. The second-order valence-electron chi connectivity index (χ2n) is 5.38. The zero-order valence-corrected chi connectivity index (χ0v) is 14.1. The van der Waals surface area contributed by atoms with Gasteiger partial charge in [0.25, 0.3) is 0 Å². The summed E-state index contributed by atoms with van der Waals surface area (Å²) in [5, 5.41) is 19.0. The number of rotatable bonds is 9. The van der Waals surface area contributed by atoms with E-state index in [1.165, 1.54) is 12.4 Å². The van der Waals surface area contributed by atoms with Gasteiger partial charge in [-0.25, -0.2) is 4.79 Å². The second-order valence-corrected chi connectivity index (χ2v) is 5.38. The quantitative estimate of drug-likeness (QED) is 0.718. The summed E-state index contributed by atoms with van der Waals surface area (Å²) in [6.07, 6.45) is 3.30. The van der Waals surface area contributed by atoms with E-state index in [2.05, 4.69) is 4.98 Å². The van der Waals surface area contributed by atoms with Crippen molar-refractivity contribution in [3.8, 4) is 17.2 Å². The van der Waals surface area contributed by atoms with Gasteiger partial charge >= 0.3 is 5.97 Å². The van der Waals surface area contributed by atoms with Crippen molar-refractivity contribution in [3.05, 3.63) is 47.8 Å². The fraction of sp³-hybridized carbons (Fsp3) is 0.333. The number of carboxylic acid groups (broad SMARTS) is 1. The lowest BCUT2D eigenvalue weighted by atomic mass is 10.0. The molecule has 0 amide bonds. The van der Waals surface area contributed by atoms with Crippen LogP contribution in [0.2, 0.25) is 0 Å². The van der Waals surface area contributed by atoms with Crippen molar-refractivity contribution in [3.63, 3.8) is 0 Å². The molecule has 7 nitrogen and oxygen atoms in total. The van der Waals surface area contributed by atoms with Crippen LogP contribution in [0.15, 0.2) is 36.7 Å². The molecule has 2 rings (SSSR count). The zero-order valence-electron chi connectivity index (χ0n) is 14.1. The first-order chi connectivity index (χ1) is 12.0. The molecule has 0 radical (unpaired) electrons. The van der Waals surface area contributed by atoms with E-state index in [1.807, 2.05) is 18.2 Å². The molecule has 0 spiro atoms. The zero-order chi connectivity index (χ0) is 18.2. The Balaban J connectivity index is 1.99. The predicted octanol–water partition coefficient (Wildman–Crippen LogP) is 2.23. The number of aliphatic carboxylic acids is 1. The van der Waals surface area contributed by atoms with Gasteiger partial charge in [-0.1, -0.05) is 6.07 Å². The Bertz CT molecular complexity index is 718. The van der Waals surface area contributed by atoms with E-state index in [0.29, 0.717) is 35.7 Å². The third-order valence-corrected chi connectivity index (χ3v) is 3.64. The normalized spacial score (nSPS) is 11.6. The van der Waals surface area contributed by atoms with Crippen LogP contribution in [-0.4, -0.2) is 42.0 Å². The molecule has 1 aromatic carbocycles. The average molecular weight is 347 g/mol. The lowest BCUT2D eigenvalue weighted by molar-refractivity contribution is -0.139. The minimum Gasteiger partial charge on any atom is -0.493 e. The molecule has 0 aliphatic heterocycles. The van der Waals surface area contributed by atoms with E-state index in [1.54, 1.807) is 20.3 Å². The molecule has 0 saturated carbocycles. The second kappa shape index (κ2) is 8.89. The summed E-state index contributed by atoms with van der Waals surface area (Å²) in [7, 11) is 3.15. The number of benzene rings is 1. The number of aliphatic hydroxyl groups excluding tert-OH is 1. The molecule has 0 saturated heterocycles. The van der Waals surface area contributed by atoms with Gasteiger partial charge in [-0.2, -0.15) is 0 Å². The van der Waals surface area contributed by atoms with Gasteiger partial charge in [0.15, 0.2) is 18.1 Å². The number of methoxy groups -OCH3 is 2. The Hall–Kier alpha value is -2.80. The topological polar surface area (TPSA) is 98.1 Å². The van der Waals surface area contributed by atoms with Crippen molar-refractivity contribution in [2.24, 2.45) is 0 Å². The fourth-order valence-corrected chi connectivity index (χ4v) is 2.35. The van der Waals surface area contributed by atoms with Crippen LogP contribution in [0.1, 0.15) is 23.7 Å². The minimum atomic E-state index is -1.07. The molecule has 2 N–H and O–H groups in total. The van der Waals surface area contributed by atoms with E-state index in [-0.39, 0.29) is 0 Å². The highest BCUT2D eigenvalue weighted by atomic mass is 16.5. The van der Waals surface area contributed by atoms with Gasteiger partial charge in [-0.05, 0) is 36.6 Å². The number of aliphatic hydroxyl groups is 1. The number of aromatic nitrogens is 1. The molecule has 0 aliphatic rings. The molecule has 7 heteroatoms. The summed E-state index contributed by atoms with van der Waals surface area (Å²) in [4.78, 5) is 14.5. The number of nitrogens with zero attached hydrogens (tertiary/aromatic N) is 1. The van der Waals surface area contributed by atoms with Gasteiger partial charge in [0, 0.05) is 11.8 Å². The first-order valence-electron chi connectivity index (χ1n) is 7.72. The summed E-state index contributed by atoms with van der Waals surface area (Å²) in [5.74, 6) is 0.531. The maximum atomic E-state index is 10.5. The Morgan fingerprint density at radius 1 is 1.16 bits per heavy atom. The Morgan fingerprint density at radius 3 is 2.60 bits per heavy atom.